The molecular formula is C18H34N2O. The van der Waals surface area contributed by atoms with Crippen molar-refractivity contribution in [1.29, 1.82) is 0 Å². The monoisotopic (exact) mass is 294 g/mol. The van der Waals surface area contributed by atoms with Gasteiger partial charge in [-0.2, -0.15) is 0 Å². The van der Waals surface area contributed by atoms with Crippen LogP contribution < -0.4 is 5.32 Å². The third-order valence-electron chi connectivity index (χ3n) is 5.58. The van der Waals surface area contributed by atoms with E-state index in [2.05, 4.69) is 24.1 Å². The smallest absolute Gasteiger partial charge is 0.226 e. The van der Waals surface area contributed by atoms with Crippen LogP contribution in [0.5, 0.6) is 0 Å². The number of likely N-dealkylation sites (tertiary alicyclic amines) is 1. The van der Waals surface area contributed by atoms with Crippen molar-refractivity contribution >= 4 is 5.91 Å². The molecule has 1 amide bonds. The summed E-state index contributed by atoms with van der Waals surface area (Å²) in [5.41, 5.74) is 0. The number of likely N-dealkylation sites (N-methyl/N-ethyl adjacent to an activating group) is 1. The third-order valence-corrected chi connectivity index (χ3v) is 5.58. The summed E-state index contributed by atoms with van der Waals surface area (Å²) in [5.74, 6) is 1.92. The van der Waals surface area contributed by atoms with Crippen molar-refractivity contribution in [1.82, 2.24) is 10.2 Å². The molecule has 0 aromatic carbocycles. The van der Waals surface area contributed by atoms with Gasteiger partial charge in [-0.1, -0.05) is 46.0 Å². The lowest BCUT2D eigenvalue weighted by Gasteiger charge is -2.37. The van der Waals surface area contributed by atoms with Crippen LogP contribution in [0, 0.1) is 17.8 Å². The molecule has 3 nitrogen and oxygen atoms in total. The summed E-state index contributed by atoms with van der Waals surface area (Å²) in [5, 5.41) is 3.34. The van der Waals surface area contributed by atoms with Gasteiger partial charge in [-0.15, -0.1) is 0 Å². The largest absolute Gasteiger partial charge is 0.341 e. The Morgan fingerprint density at radius 2 is 1.86 bits per heavy atom. The van der Waals surface area contributed by atoms with Crippen molar-refractivity contribution in [2.75, 3.05) is 20.1 Å². The molecule has 1 aliphatic heterocycles. The molecule has 2 rings (SSSR count). The van der Waals surface area contributed by atoms with Crippen LogP contribution in [-0.4, -0.2) is 37.0 Å². The van der Waals surface area contributed by atoms with Crippen molar-refractivity contribution in [3.05, 3.63) is 0 Å². The molecule has 2 atom stereocenters. The Labute approximate surface area is 130 Å². The van der Waals surface area contributed by atoms with Crippen LogP contribution in [0.4, 0.5) is 0 Å². The first-order valence-electron chi connectivity index (χ1n) is 9.08. The van der Waals surface area contributed by atoms with Crippen molar-refractivity contribution in [3.8, 4) is 0 Å². The predicted octanol–water partition coefficient (Wildman–Crippen LogP) is 3.44. The highest BCUT2D eigenvalue weighted by Crippen LogP contribution is 2.32. The number of hydrogen-bond acceptors (Lipinski definition) is 2. The summed E-state index contributed by atoms with van der Waals surface area (Å²) in [6.07, 6.45) is 10.3. The molecule has 3 heteroatoms. The van der Waals surface area contributed by atoms with E-state index in [1.807, 2.05) is 7.05 Å². The minimum atomic E-state index is 0.240. The Kier molecular flexibility index (Phi) is 6.53. The maximum Gasteiger partial charge on any atom is 0.226 e. The first kappa shape index (κ1) is 16.8. The van der Waals surface area contributed by atoms with Gasteiger partial charge in [0.2, 0.25) is 5.91 Å². The number of amides is 1. The normalized spacial score (nSPS) is 26.1. The topological polar surface area (TPSA) is 32.3 Å². The highest BCUT2D eigenvalue weighted by atomic mass is 16.2. The fourth-order valence-electron chi connectivity index (χ4n) is 4.09. The first-order chi connectivity index (χ1) is 10.1. The van der Waals surface area contributed by atoms with Crippen LogP contribution in [0.2, 0.25) is 0 Å². The summed E-state index contributed by atoms with van der Waals surface area (Å²) in [6, 6.07) is 0.491. The van der Waals surface area contributed by atoms with Crippen LogP contribution in [0.15, 0.2) is 0 Å². The first-order valence-corrected chi connectivity index (χ1v) is 9.08. The van der Waals surface area contributed by atoms with Crippen LogP contribution in [0.3, 0.4) is 0 Å². The molecule has 2 fully saturated rings. The molecule has 0 bridgehead atoms. The average molecular weight is 294 g/mol. The molecule has 1 aliphatic carbocycles. The maximum absolute atomic E-state index is 13.0. The van der Waals surface area contributed by atoms with Gasteiger partial charge in [0.1, 0.15) is 0 Å². The summed E-state index contributed by atoms with van der Waals surface area (Å²) in [7, 11) is 2.01. The fourth-order valence-corrected chi connectivity index (χ4v) is 4.09. The lowest BCUT2D eigenvalue weighted by molar-refractivity contribution is -0.139. The molecule has 2 aliphatic rings. The van der Waals surface area contributed by atoms with E-state index in [1.54, 1.807) is 0 Å². The molecule has 0 aromatic rings. The molecule has 2 unspecified atom stereocenters. The lowest BCUT2D eigenvalue weighted by Crippen LogP contribution is -2.49. The van der Waals surface area contributed by atoms with Gasteiger partial charge in [0.05, 0.1) is 0 Å². The Morgan fingerprint density at radius 1 is 1.14 bits per heavy atom. The summed E-state index contributed by atoms with van der Waals surface area (Å²) < 4.78 is 0. The van der Waals surface area contributed by atoms with Gasteiger partial charge in [-0.25, -0.2) is 0 Å². The van der Waals surface area contributed by atoms with E-state index in [1.165, 1.54) is 38.5 Å². The third kappa shape index (κ3) is 4.70. The van der Waals surface area contributed by atoms with Crippen LogP contribution in [-0.2, 0) is 4.79 Å². The van der Waals surface area contributed by atoms with E-state index in [0.717, 1.165) is 31.8 Å². The quantitative estimate of drug-likeness (QED) is 0.842. The fraction of sp³-hybridized carbons (Fsp3) is 0.944. The molecule has 1 N–H and O–H groups in total. The number of nitrogens with zero attached hydrogens (tertiary/aromatic N) is 1. The molecule has 1 heterocycles. The zero-order valence-corrected chi connectivity index (χ0v) is 14.2. The number of piperidine rings is 1. The van der Waals surface area contributed by atoms with Crippen molar-refractivity contribution in [2.45, 2.75) is 71.3 Å². The number of rotatable bonds is 5. The molecule has 1 saturated carbocycles. The predicted molar refractivity (Wildman–Crippen MR) is 88.2 cm³/mol. The van der Waals surface area contributed by atoms with E-state index in [-0.39, 0.29) is 5.92 Å². The van der Waals surface area contributed by atoms with E-state index in [0.29, 0.717) is 17.9 Å². The summed E-state index contributed by atoms with van der Waals surface area (Å²) in [4.78, 5) is 15.1. The van der Waals surface area contributed by atoms with Gasteiger partial charge >= 0.3 is 0 Å². The van der Waals surface area contributed by atoms with Gasteiger partial charge in [-0.3, -0.25) is 4.79 Å². The summed E-state index contributed by atoms with van der Waals surface area (Å²) in [6.45, 7) is 6.32. The second-order valence-corrected chi connectivity index (χ2v) is 7.50. The van der Waals surface area contributed by atoms with Crippen molar-refractivity contribution < 1.29 is 4.79 Å². The average Bonchev–Trinajstić information content (AvgIpc) is 2.52. The zero-order chi connectivity index (χ0) is 15.2. The number of carbonyl (C=O) groups excluding carboxylic acids is 1. The molecular weight excluding hydrogens is 260 g/mol. The van der Waals surface area contributed by atoms with E-state index in [9.17, 15) is 4.79 Å². The number of hydrogen-bond donors (Lipinski definition) is 1. The summed E-state index contributed by atoms with van der Waals surface area (Å²) >= 11 is 0. The Balaban J connectivity index is 1.94. The highest BCUT2D eigenvalue weighted by molar-refractivity contribution is 5.79. The van der Waals surface area contributed by atoms with Gasteiger partial charge in [0.15, 0.2) is 0 Å². The molecule has 0 aromatic heterocycles. The second-order valence-electron chi connectivity index (χ2n) is 7.50. The standard InChI is InChI=1S/C18H34N2O/c1-14(2)17(12-15-8-5-4-6-9-15)18(21)20-11-7-10-16(13-20)19-3/h14-17,19H,4-13H2,1-3H3. The van der Waals surface area contributed by atoms with Gasteiger partial charge < -0.3 is 10.2 Å². The second kappa shape index (κ2) is 8.17. The van der Waals surface area contributed by atoms with Gasteiger partial charge in [0, 0.05) is 25.0 Å². The van der Waals surface area contributed by atoms with Crippen LogP contribution in [0.1, 0.15) is 65.2 Å². The molecule has 0 radical (unpaired) electrons. The Bertz CT molecular complexity index is 323. The van der Waals surface area contributed by atoms with Crippen molar-refractivity contribution in [2.24, 2.45) is 17.8 Å². The Hall–Kier alpha value is -0.570. The molecule has 1 saturated heterocycles. The van der Waals surface area contributed by atoms with Gasteiger partial charge in [-0.05, 0) is 38.1 Å². The van der Waals surface area contributed by atoms with Crippen LogP contribution >= 0.6 is 0 Å². The molecule has 0 spiro atoms. The van der Waals surface area contributed by atoms with Crippen LogP contribution in [0.25, 0.3) is 0 Å². The minimum absolute atomic E-state index is 0.240. The van der Waals surface area contributed by atoms with Crippen molar-refractivity contribution in [3.63, 3.8) is 0 Å². The lowest BCUT2D eigenvalue weighted by atomic mass is 9.78. The van der Waals surface area contributed by atoms with E-state index in [4.69, 9.17) is 0 Å². The number of carbonyl (C=O) groups is 1. The van der Waals surface area contributed by atoms with E-state index >= 15 is 0 Å². The molecule has 21 heavy (non-hydrogen) atoms. The number of nitrogens with one attached hydrogen (secondary N) is 1. The minimum Gasteiger partial charge on any atom is -0.341 e. The highest BCUT2D eigenvalue weighted by Gasteiger charge is 2.32. The SMILES string of the molecule is CNC1CCCN(C(=O)C(CC2CCCCC2)C(C)C)C1. The zero-order valence-electron chi connectivity index (χ0n) is 14.2. The maximum atomic E-state index is 13.0. The van der Waals surface area contributed by atoms with E-state index < -0.39 is 0 Å². The van der Waals surface area contributed by atoms with Gasteiger partial charge in [0.25, 0.3) is 0 Å². The Morgan fingerprint density at radius 3 is 2.48 bits per heavy atom. The molecule has 122 valence electrons.